The fourth-order valence-electron chi connectivity index (χ4n) is 4.76. The molecule has 4 aromatic carbocycles. The summed E-state index contributed by atoms with van der Waals surface area (Å²) in [6, 6.07) is 43.9. The van der Waals surface area contributed by atoms with Gasteiger partial charge < -0.3 is 0 Å². The second-order valence-electron chi connectivity index (χ2n) is 7.71. The van der Waals surface area contributed by atoms with Gasteiger partial charge in [-0.15, -0.1) is 0 Å². The molecule has 0 bridgehead atoms. The zero-order chi connectivity index (χ0) is 19.5. The molecule has 0 fully saturated rings. The van der Waals surface area contributed by atoms with Crippen molar-refractivity contribution in [2.45, 2.75) is 0 Å². The van der Waals surface area contributed by atoms with Crippen molar-refractivity contribution in [3.05, 3.63) is 144 Å². The normalized spacial score (nSPS) is 14.1. The fourth-order valence-corrected chi connectivity index (χ4v) is 11.7. The summed E-state index contributed by atoms with van der Waals surface area (Å²) >= 11 is -1.56. The standard InChI is InChI=1S/C28H23Ge/c1-5-13-21(14-6-1)25-26(22-15-7-2-8-16-22)28(24-19-11-4-12-20-24)29-27(25)23-17-9-3-10-18-23/h1-20H,29H3/q-1. The van der Waals surface area contributed by atoms with E-state index in [1.807, 2.05) is 0 Å². The zero-order valence-electron chi connectivity index (χ0n) is 16.5. The number of hydrogen-bond acceptors (Lipinski definition) is 0. The Morgan fingerprint density at radius 3 is 0.897 bits per heavy atom. The van der Waals surface area contributed by atoms with E-state index in [0.29, 0.717) is 0 Å². The topological polar surface area (TPSA) is 0 Å². The van der Waals surface area contributed by atoms with Gasteiger partial charge in [-0.25, -0.2) is 0 Å². The van der Waals surface area contributed by atoms with Crippen molar-refractivity contribution in [3.63, 3.8) is 0 Å². The summed E-state index contributed by atoms with van der Waals surface area (Å²) in [7, 11) is 0. The summed E-state index contributed by atoms with van der Waals surface area (Å²) in [6.45, 7) is 0. The summed E-state index contributed by atoms with van der Waals surface area (Å²) in [5.41, 5.74) is 8.34. The van der Waals surface area contributed by atoms with Gasteiger partial charge in [0, 0.05) is 0 Å². The van der Waals surface area contributed by atoms with Crippen LogP contribution in [0.3, 0.4) is 0 Å². The second-order valence-corrected chi connectivity index (χ2v) is 13.0. The van der Waals surface area contributed by atoms with Crippen LogP contribution in [0.4, 0.5) is 0 Å². The molecule has 0 N–H and O–H groups in total. The Bertz CT molecular complexity index is 1080. The van der Waals surface area contributed by atoms with Crippen molar-refractivity contribution in [2.24, 2.45) is 0 Å². The van der Waals surface area contributed by atoms with Crippen LogP contribution in [0.2, 0.25) is 0 Å². The molecule has 140 valence electrons. The van der Waals surface area contributed by atoms with Crippen LogP contribution in [0.25, 0.3) is 20.0 Å². The molecule has 0 unspecified atom stereocenters. The third-order valence-corrected chi connectivity index (χ3v) is 12.7. The SMILES string of the molecule is c1ccc([C]2=C(c3ccccc3)C(c3ccccc3)=[C](c3ccccc3)[GeH3-]2)cc1. The minimum atomic E-state index is -1.56. The molecule has 0 spiro atoms. The number of allylic oxidation sites excluding steroid dienone is 2. The van der Waals surface area contributed by atoms with E-state index in [0.717, 1.165) is 0 Å². The van der Waals surface area contributed by atoms with Crippen LogP contribution in [0, 0.1) is 0 Å². The molecule has 1 heteroatoms. The van der Waals surface area contributed by atoms with Crippen molar-refractivity contribution in [1.82, 2.24) is 0 Å². The third-order valence-electron chi connectivity index (χ3n) is 6.04. The average molecular weight is 432 g/mol. The molecule has 1 aliphatic rings. The fraction of sp³-hybridized carbons (Fsp3) is 0. The molecule has 0 aromatic heterocycles. The van der Waals surface area contributed by atoms with E-state index >= 15 is 0 Å². The summed E-state index contributed by atoms with van der Waals surface area (Å²) in [5.74, 6) is 0. The average Bonchev–Trinajstić information content (AvgIpc) is 3.22. The predicted octanol–water partition coefficient (Wildman–Crippen LogP) is 6.04. The molecule has 0 atom stereocenters. The Morgan fingerprint density at radius 2 is 0.586 bits per heavy atom. The van der Waals surface area contributed by atoms with Crippen molar-refractivity contribution in [3.8, 4) is 0 Å². The van der Waals surface area contributed by atoms with Gasteiger partial charge in [-0.2, -0.15) is 0 Å². The summed E-state index contributed by atoms with van der Waals surface area (Å²) < 4.78 is 3.23. The zero-order valence-corrected chi connectivity index (χ0v) is 20.7. The summed E-state index contributed by atoms with van der Waals surface area (Å²) in [4.78, 5) is 0. The van der Waals surface area contributed by atoms with Crippen LogP contribution in [0.15, 0.2) is 121 Å². The van der Waals surface area contributed by atoms with E-state index in [-0.39, 0.29) is 0 Å². The molecule has 0 radical (unpaired) electrons. The van der Waals surface area contributed by atoms with Gasteiger partial charge in [0.05, 0.1) is 0 Å². The molecule has 1 heterocycles. The Labute approximate surface area is 178 Å². The van der Waals surface area contributed by atoms with Crippen LogP contribution in [-0.4, -0.2) is 15.4 Å². The Balaban J connectivity index is 1.81. The Hall–Kier alpha value is -3.10. The number of rotatable bonds is 4. The molecular formula is C28H23Ge-. The molecule has 0 saturated heterocycles. The predicted molar refractivity (Wildman–Crippen MR) is 129 cm³/mol. The second kappa shape index (κ2) is 8.10. The molecule has 0 amide bonds. The molecular weight excluding hydrogens is 409 g/mol. The summed E-state index contributed by atoms with van der Waals surface area (Å²) in [5, 5.41) is 0. The molecule has 0 nitrogen and oxygen atoms in total. The first-order valence-corrected chi connectivity index (χ1v) is 14.6. The maximum absolute atomic E-state index is 2.29. The van der Waals surface area contributed by atoms with Gasteiger partial charge >= 0.3 is 179 Å². The Morgan fingerprint density at radius 1 is 0.310 bits per heavy atom. The first-order chi connectivity index (χ1) is 14.4. The van der Waals surface area contributed by atoms with Crippen LogP contribution < -0.4 is 0 Å². The molecule has 0 aliphatic carbocycles. The van der Waals surface area contributed by atoms with E-state index in [9.17, 15) is 0 Å². The van der Waals surface area contributed by atoms with Gasteiger partial charge in [0.1, 0.15) is 0 Å². The molecule has 0 saturated carbocycles. The first-order valence-electron chi connectivity index (χ1n) is 10.4. The van der Waals surface area contributed by atoms with Gasteiger partial charge in [0.25, 0.3) is 0 Å². The molecule has 1 aliphatic heterocycles. The quantitative estimate of drug-likeness (QED) is 0.345. The first kappa shape index (κ1) is 18.0. The number of benzene rings is 4. The molecule has 4 aromatic rings. The van der Waals surface area contributed by atoms with Gasteiger partial charge in [-0.1, -0.05) is 0 Å². The van der Waals surface area contributed by atoms with E-state index in [1.165, 1.54) is 33.4 Å². The van der Waals surface area contributed by atoms with Gasteiger partial charge in [-0.05, 0) is 0 Å². The van der Waals surface area contributed by atoms with Crippen LogP contribution in [-0.2, 0) is 0 Å². The van der Waals surface area contributed by atoms with Gasteiger partial charge in [-0.3, -0.25) is 0 Å². The van der Waals surface area contributed by atoms with Crippen LogP contribution in [0.1, 0.15) is 22.3 Å². The van der Waals surface area contributed by atoms with E-state index in [2.05, 4.69) is 121 Å². The van der Waals surface area contributed by atoms with Crippen molar-refractivity contribution >= 4 is 35.4 Å². The van der Waals surface area contributed by atoms with Crippen LogP contribution >= 0.6 is 0 Å². The van der Waals surface area contributed by atoms with Crippen molar-refractivity contribution < 1.29 is 0 Å². The van der Waals surface area contributed by atoms with E-state index < -0.39 is 15.4 Å². The van der Waals surface area contributed by atoms with E-state index in [4.69, 9.17) is 0 Å². The van der Waals surface area contributed by atoms with Gasteiger partial charge in [0.2, 0.25) is 0 Å². The monoisotopic (exact) mass is 433 g/mol. The van der Waals surface area contributed by atoms with E-state index in [1.54, 1.807) is 8.81 Å². The number of hydrogen-bond donors (Lipinski definition) is 0. The minimum absolute atomic E-state index is 1.33. The van der Waals surface area contributed by atoms with Crippen molar-refractivity contribution in [1.29, 1.82) is 0 Å². The molecule has 29 heavy (non-hydrogen) atoms. The third kappa shape index (κ3) is 3.52. The summed E-state index contributed by atoms with van der Waals surface area (Å²) in [6.07, 6.45) is 0. The molecule has 5 rings (SSSR count). The maximum atomic E-state index is 2.29. The van der Waals surface area contributed by atoms with Crippen molar-refractivity contribution in [2.75, 3.05) is 0 Å². The van der Waals surface area contributed by atoms with Gasteiger partial charge in [0.15, 0.2) is 0 Å². The Kier molecular flexibility index (Phi) is 5.02. The van der Waals surface area contributed by atoms with Crippen LogP contribution in [0.5, 0.6) is 0 Å².